The lowest BCUT2D eigenvalue weighted by Gasteiger charge is -2.27. The summed E-state index contributed by atoms with van der Waals surface area (Å²) in [5.74, 6) is -0.249. The van der Waals surface area contributed by atoms with Gasteiger partial charge in [0, 0.05) is 13.1 Å². The highest BCUT2D eigenvalue weighted by Gasteiger charge is 2.28. The van der Waals surface area contributed by atoms with Gasteiger partial charge in [0.15, 0.2) is 0 Å². The van der Waals surface area contributed by atoms with Gasteiger partial charge in [-0.25, -0.2) is 4.98 Å². The Morgan fingerprint density at radius 1 is 1.38 bits per heavy atom. The Morgan fingerprint density at radius 2 is 2.00 bits per heavy atom. The minimum absolute atomic E-state index is 0.0132. The fourth-order valence-electron chi connectivity index (χ4n) is 2.78. The van der Waals surface area contributed by atoms with Crippen LogP contribution < -0.4 is 5.73 Å². The molecular formula is C14H20N4O3. The minimum Gasteiger partial charge on any atom is -0.384 e. The molecule has 0 aromatic carbocycles. The van der Waals surface area contributed by atoms with Crippen LogP contribution in [0.4, 0.5) is 11.5 Å². The number of nitrogens with zero attached hydrogens (tertiary/aromatic N) is 3. The standard InChI is InChI=1S/C14H20N4O3/c1-17(10-6-4-2-3-5-7-10)14(19)11-8-13(15)16-9-12(11)18(20)21/h8-10H,2-7H2,1H3,(H2,15,16). The average Bonchev–Trinajstić information content (AvgIpc) is 2.74. The highest BCUT2D eigenvalue weighted by atomic mass is 16.6. The molecule has 0 unspecified atom stereocenters. The zero-order valence-corrected chi connectivity index (χ0v) is 12.1. The van der Waals surface area contributed by atoms with Crippen LogP contribution in [0.5, 0.6) is 0 Å². The fourth-order valence-corrected chi connectivity index (χ4v) is 2.78. The normalized spacial score (nSPS) is 16.2. The van der Waals surface area contributed by atoms with E-state index in [0.717, 1.165) is 31.9 Å². The molecule has 1 saturated carbocycles. The summed E-state index contributed by atoms with van der Waals surface area (Å²) in [6, 6.07) is 1.42. The van der Waals surface area contributed by atoms with Crippen LogP contribution in [0.3, 0.4) is 0 Å². The summed E-state index contributed by atoms with van der Waals surface area (Å²) < 4.78 is 0. The maximum Gasteiger partial charge on any atom is 0.300 e. The van der Waals surface area contributed by atoms with Crippen LogP contribution in [-0.4, -0.2) is 33.8 Å². The molecule has 0 radical (unpaired) electrons. The number of nitrogens with two attached hydrogens (primary N) is 1. The number of nitro groups is 1. The predicted octanol–water partition coefficient (Wildman–Crippen LogP) is 2.37. The third kappa shape index (κ3) is 3.48. The Hall–Kier alpha value is -2.18. The fraction of sp³-hybridized carbons (Fsp3) is 0.571. The van der Waals surface area contributed by atoms with Crippen LogP contribution in [0.2, 0.25) is 0 Å². The highest BCUT2D eigenvalue weighted by Crippen LogP contribution is 2.25. The molecule has 1 aromatic heterocycles. The lowest BCUT2D eigenvalue weighted by Crippen LogP contribution is -2.37. The number of aromatic nitrogens is 1. The van der Waals surface area contributed by atoms with Crippen LogP contribution in [0.15, 0.2) is 12.3 Å². The first kappa shape index (κ1) is 15.2. The number of hydrogen-bond donors (Lipinski definition) is 1. The van der Waals surface area contributed by atoms with Gasteiger partial charge in [-0.2, -0.15) is 0 Å². The van der Waals surface area contributed by atoms with Crippen LogP contribution in [0.25, 0.3) is 0 Å². The highest BCUT2D eigenvalue weighted by molar-refractivity contribution is 5.98. The van der Waals surface area contributed by atoms with E-state index in [1.165, 1.54) is 18.9 Å². The molecule has 0 aliphatic heterocycles. The number of hydrogen-bond acceptors (Lipinski definition) is 5. The molecule has 1 aliphatic carbocycles. The van der Waals surface area contributed by atoms with Gasteiger partial charge in [-0.05, 0) is 18.9 Å². The lowest BCUT2D eigenvalue weighted by atomic mass is 10.1. The maximum absolute atomic E-state index is 12.6. The molecule has 0 bridgehead atoms. The van der Waals surface area contributed by atoms with Crippen molar-refractivity contribution in [3.8, 4) is 0 Å². The summed E-state index contributed by atoms with van der Waals surface area (Å²) >= 11 is 0. The van der Waals surface area contributed by atoms with E-state index in [4.69, 9.17) is 5.73 Å². The second kappa shape index (κ2) is 6.51. The summed E-state index contributed by atoms with van der Waals surface area (Å²) in [6.45, 7) is 0. The largest absolute Gasteiger partial charge is 0.384 e. The van der Waals surface area contributed by atoms with Crippen molar-refractivity contribution in [3.05, 3.63) is 27.9 Å². The van der Waals surface area contributed by atoms with Crippen molar-refractivity contribution >= 4 is 17.4 Å². The summed E-state index contributed by atoms with van der Waals surface area (Å²) in [6.07, 6.45) is 7.46. The summed E-state index contributed by atoms with van der Waals surface area (Å²) in [5.41, 5.74) is 5.28. The Balaban J connectivity index is 2.26. The van der Waals surface area contributed by atoms with Gasteiger partial charge in [0.25, 0.3) is 11.6 Å². The molecule has 114 valence electrons. The first-order valence-electron chi connectivity index (χ1n) is 7.17. The number of amides is 1. The lowest BCUT2D eigenvalue weighted by molar-refractivity contribution is -0.385. The van der Waals surface area contributed by atoms with Gasteiger partial charge in [-0.3, -0.25) is 14.9 Å². The van der Waals surface area contributed by atoms with Crippen LogP contribution in [0, 0.1) is 10.1 Å². The van der Waals surface area contributed by atoms with E-state index in [0.29, 0.717) is 0 Å². The van der Waals surface area contributed by atoms with E-state index in [-0.39, 0.29) is 29.0 Å². The molecule has 1 aliphatic rings. The molecule has 2 N–H and O–H groups in total. The van der Waals surface area contributed by atoms with E-state index in [1.807, 2.05) is 0 Å². The van der Waals surface area contributed by atoms with Gasteiger partial charge in [-0.1, -0.05) is 25.7 Å². The topological polar surface area (TPSA) is 102 Å². The number of carbonyl (C=O) groups excluding carboxylic acids is 1. The number of pyridine rings is 1. The van der Waals surface area contributed by atoms with Crippen LogP contribution in [0.1, 0.15) is 48.9 Å². The van der Waals surface area contributed by atoms with Gasteiger partial charge in [0.2, 0.25) is 0 Å². The zero-order valence-electron chi connectivity index (χ0n) is 12.1. The number of carbonyl (C=O) groups is 1. The molecule has 1 amide bonds. The molecule has 0 spiro atoms. The third-order valence-corrected chi connectivity index (χ3v) is 4.02. The van der Waals surface area contributed by atoms with Crippen molar-refractivity contribution in [2.24, 2.45) is 0 Å². The molecule has 2 rings (SSSR count). The Labute approximate surface area is 123 Å². The second-order valence-corrected chi connectivity index (χ2v) is 5.44. The molecule has 21 heavy (non-hydrogen) atoms. The predicted molar refractivity (Wildman–Crippen MR) is 78.9 cm³/mol. The van der Waals surface area contributed by atoms with Gasteiger partial charge in [0.05, 0.1) is 4.92 Å². The molecule has 0 saturated heterocycles. The summed E-state index contributed by atoms with van der Waals surface area (Å²) in [7, 11) is 1.71. The van der Waals surface area contributed by atoms with Gasteiger partial charge in [-0.15, -0.1) is 0 Å². The Bertz CT molecular complexity index is 539. The van der Waals surface area contributed by atoms with Gasteiger partial charge < -0.3 is 10.6 Å². The molecule has 1 heterocycles. The molecule has 7 nitrogen and oxygen atoms in total. The SMILES string of the molecule is CN(C(=O)c1cc(N)ncc1[N+](=O)[O-])C1CCCCCC1. The van der Waals surface area contributed by atoms with Crippen molar-refractivity contribution < 1.29 is 9.72 Å². The van der Waals surface area contributed by atoms with Crippen molar-refractivity contribution in [2.75, 3.05) is 12.8 Å². The quantitative estimate of drug-likeness (QED) is 0.523. The Kier molecular flexibility index (Phi) is 4.72. The van der Waals surface area contributed by atoms with Crippen LogP contribution in [-0.2, 0) is 0 Å². The second-order valence-electron chi connectivity index (χ2n) is 5.44. The molecule has 7 heteroatoms. The molecule has 0 atom stereocenters. The van der Waals surface area contributed by atoms with E-state index in [1.54, 1.807) is 11.9 Å². The summed E-state index contributed by atoms with van der Waals surface area (Å²) in [4.78, 5) is 28.3. The minimum atomic E-state index is -0.597. The first-order chi connectivity index (χ1) is 10.0. The number of anilines is 1. The summed E-state index contributed by atoms with van der Waals surface area (Å²) in [5, 5.41) is 11.0. The first-order valence-corrected chi connectivity index (χ1v) is 7.17. The zero-order chi connectivity index (χ0) is 15.4. The molecule has 1 fully saturated rings. The number of nitrogen functional groups attached to an aromatic ring is 1. The van der Waals surface area contributed by atoms with Crippen molar-refractivity contribution in [3.63, 3.8) is 0 Å². The van der Waals surface area contributed by atoms with E-state index in [9.17, 15) is 14.9 Å². The van der Waals surface area contributed by atoms with Crippen LogP contribution >= 0.6 is 0 Å². The average molecular weight is 292 g/mol. The van der Waals surface area contributed by atoms with Crippen molar-refractivity contribution in [1.82, 2.24) is 9.88 Å². The maximum atomic E-state index is 12.6. The third-order valence-electron chi connectivity index (χ3n) is 4.02. The van der Waals surface area contributed by atoms with E-state index >= 15 is 0 Å². The van der Waals surface area contributed by atoms with E-state index < -0.39 is 4.92 Å². The van der Waals surface area contributed by atoms with Crippen molar-refractivity contribution in [1.29, 1.82) is 0 Å². The smallest absolute Gasteiger partial charge is 0.300 e. The molecule has 1 aromatic rings. The molecular weight excluding hydrogens is 272 g/mol. The Morgan fingerprint density at radius 3 is 2.57 bits per heavy atom. The number of rotatable bonds is 3. The van der Waals surface area contributed by atoms with Gasteiger partial charge in [0.1, 0.15) is 17.6 Å². The van der Waals surface area contributed by atoms with Gasteiger partial charge >= 0.3 is 0 Å². The van der Waals surface area contributed by atoms with E-state index in [2.05, 4.69) is 4.98 Å². The monoisotopic (exact) mass is 292 g/mol. The van der Waals surface area contributed by atoms with Crippen molar-refractivity contribution in [2.45, 2.75) is 44.6 Å².